The molecule has 0 aliphatic carbocycles. The molecule has 3 N–H and O–H groups in total. The molecule has 5 heteroatoms. The van der Waals surface area contributed by atoms with Gasteiger partial charge in [0.1, 0.15) is 0 Å². The van der Waals surface area contributed by atoms with Crippen LogP contribution >= 0.6 is 24.0 Å². The molecule has 0 bridgehead atoms. The van der Waals surface area contributed by atoms with Crippen molar-refractivity contribution in [2.45, 2.75) is 26.3 Å². The number of para-hydroxylation sites is 1. The summed E-state index contributed by atoms with van der Waals surface area (Å²) in [5.74, 6) is 0.501. The highest BCUT2D eigenvalue weighted by atomic mass is 127. The van der Waals surface area contributed by atoms with Gasteiger partial charge in [-0.05, 0) is 18.1 Å². The van der Waals surface area contributed by atoms with Gasteiger partial charge in [0.2, 0.25) is 0 Å². The summed E-state index contributed by atoms with van der Waals surface area (Å²) in [6.07, 6.45) is 4.05. The number of aromatic nitrogens is 1. The lowest BCUT2D eigenvalue weighted by Gasteiger charge is -2.06. The maximum Gasteiger partial charge on any atom is 0.188 e. The van der Waals surface area contributed by atoms with Crippen molar-refractivity contribution in [1.29, 1.82) is 0 Å². The van der Waals surface area contributed by atoms with Gasteiger partial charge in [-0.1, -0.05) is 37.6 Å². The van der Waals surface area contributed by atoms with Gasteiger partial charge in [-0.25, -0.2) is 4.99 Å². The number of hydrogen-bond acceptors (Lipinski definition) is 2. The first-order valence-corrected chi connectivity index (χ1v) is 6.67. The molecule has 4 nitrogen and oxygen atoms in total. The highest BCUT2D eigenvalue weighted by Gasteiger charge is 2.00. The van der Waals surface area contributed by atoms with Crippen molar-refractivity contribution in [1.82, 2.24) is 10.3 Å². The predicted molar refractivity (Wildman–Crippen MR) is 95.4 cm³/mol. The number of fused-ring (bicyclic) bond motifs is 1. The first-order chi connectivity index (χ1) is 9.31. The van der Waals surface area contributed by atoms with Crippen LogP contribution in [0, 0.1) is 0 Å². The van der Waals surface area contributed by atoms with E-state index in [4.69, 9.17) is 5.73 Å². The number of pyridine rings is 1. The van der Waals surface area contributed by atoms with Crippen molar-refractivity contribution >= 4 is 40.8 Å². The molecule has 0 saturated heterocycles. The fraction of sp³-hybridized carbons (Fsp3) is 0.333. The quantitative estimate of drug-likeness (QED) is 0.361. The number of benzene rings is 1. The minimum atomic E-state index is 0. The first-order valence-electron chi connectivity index (χ1n) is 6.67. The third kappa shape index (κ3) is 4.63. The van der Waals surface area contributed by atoms with Crippen LogP contribution < -0.4 is 11.1 Å². The van der Waals surface area contributed by atoms with Crippen LogP contribution in [0.2, 0.25) is 0 Å². The van der Waals surface area contributed by atoms with Gasteiger partial charge in [0.15, 0.2) is 5.96 Å². The molecular weight excluding hydrogens is 363 g/mol. The highest BCUT2D eigenvalue weighted by Crippen LogP contribution is 2.16. The molecule has 0 radical (unpaired) electrons. The van der Waals surface area contributed by atoms with Crippen LogP contribution in [0.4, 0.5) is 0 Å². The Morgan fingerprint density at radius 2 is 2.10 bits per heavy atom. The molecule has 0 saturated carbocycles. The van der Waals surface area contributed by atoms with Gasteiger partial charge in [-0.2, -0.15) is 0 Å². The SMILES string of the molecule is CCCCNC(N)=NCc1cccc2cccnc12.I. The van der Waals surface area contributed by atoms with E-state index in [1.165, 1.54) is 0 Å². The molecule has 0 aliphatic rings. The van der Waals surface area contributed by atoms with E-state index in [0.29, 0.717) is 12.5 Å². The van der Waals surface area contributed by atoms with E-state index in [1.54, 1.807) is 6.20 Å². The summed E-state index contributed by atoms with van der Waals surface area (Å²) in [6, 6.07) is 10.1. The molecule has 0 fully saturated rings. The summed E-state index contributed by atoms with van der Waals surface area (Å²) in [6.45, 7) is 3.58. The van der Waals surface area contributed by atoms with Crippen LogP contribution in [-0.4, -0.2) is 17.5 Å². The Hall–Kier alpha value is -1.37. The molecule has 2 aromatic rings. The Labute approximate surface area is 136 Å². The van der Waals surface area contributed by atoms with Crippen molar-refractivity contribution in [3.8, 4) is 0 Å². The molecular formula is C15H21IN4. The van der Waals surface area contributed by atoms with Gasteiger partial charge in [0.25, 0.3) is 0 Å². The fourth-order valence-corrected chi connectivity index (χ4v) is 1.91. The summed E-state index contributed by atoms with van der Waals surface area (Å²) in [5.41, 5.74) is 7.92. The maximum atomic E-state index is 5.82. The predicted octanol–water partition coefficient (Wildman–Crippen LogP) is 3.06. The van der Waals surface area contributed by atoms with E-state index in [2.05, 4.69) is 34.3 Å². The number of nitrogens with one attached hydrogen (secondary N) is 1. The third-order valence-corrected chi connectivity index (χ3v) is 2.97. The van der Waals surface area contributed by atoms with Gasteiger partial charge < -0.3 is 11.1 Å². The zero-order valence-electron chi connectivity index (χ0n) is 11.7. The van der Waals surface area contributed by atoms with E-state index in [1.807, 2.05) is 18.2 Å². The van der Waals surface area contributed by atoms with Crippen molar-refractivity contribution < 1.29 is 0 Å². The Kier molecular flexibility index (Phi) is 7.28. The number of nitrogens with zero attached hydrogens (tertiary/aromatic N) is 2. The van der Waals surface area contributed by atoms with Crippen LogP contribution in [-0.2, 0) is 6.54 Å². The highest BCUT2D eigenvalue weighted by molar-refractivity contribution is 14.0. The number of unbranched alkanes of at least 4 members (excludes halogenated alkanes) is 1. The topological polar surface area (TPSA) is 63.3 Å². The van der Waals surface area contributed by atoms with E-state index in [0.717, 1.165) is 35.9 Å². The molecule has 1 heterocycles. The largest absolute Gasteiger partial charge is 0.370 e. The summed E-state index contributed by atoms with van der Waals surface area (Å²) < 4.78 is 0. The number of halogens is 1. The van der Waals surface area contributed by atoms with Crippen LogP contribution in [0.15, 0.2) is 41.5 Å². The lowest BCUT2D eigenvalue weighted by molar-refractivity contribution is 0.748. The van der Waals surface area contributed by atoms with E-state index in [9.17, 15) is 0 Å². The lowest BCUT2D eigenvalue weighted by atomic mass is 10.1. The van der Waals surface area contributed by atoms with Crippen LogP contribution in [0.25, 0.3) is 10.9 Å². The second kappa shape index (κ2) is 8.73. The average Bonchev–Trinajstić information content (AvgIpc) is 2.45. The molecule has 1 aromatic heterocycles. The normalized spacial score (nSPS) is 11.2. The summed E-state index contributed by atoms with van der Waals surface area (Å²) in [5, 5.41) is 4.24. The van der Waals surface area contributed by atoms with Crippen molar-refractivity contribution in [3.05, 3.63) is 42.1 Å². The summed E-state index contributed by atoms with van der Waals surface area (Å²) in [7, 11) is 0. The van der Waals surface area contributed by atoms with Gasteiger partial charge in [-0.15, -0.1) is 24.0 Å². The first kappa shape index (κ1) is 16.7. The molecule has 108 valence electrons. The lowest BCUT2D eigenvalue weighted by Crippen LogP contribution is -2.32. The average molecular weight is 384 g/mol. The Morgan fingerprint density at radius 1 is 1.30 bits per heavy atom. The second-order valence-electron chi connectivity index (χ2n) is 4.47. The molecule has 0 unspecified atom stereocenters. The van der Waals surface area contributed by atoms with Crippen LogP contribution in [0.5, 0.6) is 0 Å². The standard InChI is InChI=1S/C15H20N4.HI/c1-2-3-9-18-15(16)19-11-13-7-4-6-12-8-5-10-17-14(12)13;/h4-8,10H,2-3,9,11H2,1H3,(H3,16,18,19);1H. The van der Waals surface area contributed by atoms with Gasteiger partial charge in [-0.3, -0.25) is 4.98 Å². The van der Waals surface area contributed by atoms with Crippen LogP contribution in [0.3, 0.4) is 0 Å². The van der Waals surface area contributed by atoms with Crippen molar-refractivity contribution in [3.63, 3.8) is 0 Å². The van der Waals surface area contributed by atoms with Gasteiger partial charge >= 0.3 is 0 Å². The Morgan fingerprint density at radius 3 is 2.90 bits per heavy atom. The Balaban J connectivity index is 0.00000200. The number of aliphatic imine (C=N–C) groups is 1. The maximum absolute atomic E-state index is 5.82. The number of hydrogen-bond donors (Lipinski definition) is 2. The molecule has 0 amide bonds. The number of guanidine groups is 1. The minimum Gasteiger partial charge on any atom is -0.370 e. The molecule has 20 heavy (non-hydrogen) atoms. The van der Waals surface area contributed by atoms with Gasteiger partial charge in [0, 0.05) is 18.1 Å². The van der Waals surface area contributed by atoms with Gasteiger partial charge in [0.05, 0.1) is 12.1 Å². The molecule has 0 aliphatic heterocycles. The molecule has 0 atom stereocenters. The van der Waals surface area contributed by atoms with Crippen molar-refractivity contribution in [2.75, 3.05) is 6.54 Å². The van der Waals surface area contributed by atoms with E-state index in [-0.39, 0.29) is 24.0 Å². The molecule has 2 rings (SSSR count). The Bertz CT molecular complexity index is 563. The van der Waals surface area contributed by atoms with Crippen LogP contribution in [0.1, 0.15) is 25.3 Å². The van der Waals surface area contributed by atoms with E-state index >= 15 is 0 Å². The summed E-state index contributed by atoms with van der Waals surface area (Å²) in [4.78, 5) is 8.76. The molecule has 1 aromatic carbocycles. The third-order valence-electron chi connectivity index (χ3n) is 2.97. The van der Waals surface area contributed by atoms with Crippen molar-refractivity contribution in [2.24, 2.45) is 10.7 Å². The number of rotatable bonds is 5. The zero-order valence-corrected chi connectivity index (χ0v) is 14.0. The fourth-order valence-electron chi connectivity index (χ4n) is 1.91. The monoisotopic (exact) mass is 384 g/mol. The van der Waals surface area contributed by atoms with E-state index < -0.39 is 0 Å². The number of nitrogens with two attached hydrogens (primary N) is 1. The second-order valence-corrected chi connectivity index (χ2v) is 4.47. The smallest absolute Gasteiger partial charge is 0.188 e. The summed E-state index contributed by atoms with van der Waals surface area (Å²) >= 11 is 0. The molecule has 0 spiro atoms. The zero-order chi connectivity index (χ0) is 13.5. The minimum absolute atomic E-state index is 0.